The van der Waals surface area contributed by atoms with E-state index in [2.05, 4.69) is 205 Å². The third-order valence-electron chi connectivity index (χ3n) is 16.2. The third-order valence-corrected chi connectivity index (χ3v) is 20.8. The van der Waals surface area contributed by atoms with Gasteiger partial charge in [-0.05, 0) is 97.1 Å². The zero-order chi connectivity index (χ0) is 63.7. The van der Waals surface area contributed by atoms with Crippen LogP contribution in [0.4, 0.5) is 0 Å². The third kappa shape index (κ3) is 15.1. The van der Waals surface area contributed by atoms with Crippen LogP contribution in [0.3, 0.4) is 0 Å². The molecule has 0 unspecified atom stereocenters. The minimum absolute atomic E-state index is 0. The molecule has 20 aromatic rings. The lowest BCUT2D eigenvalue weighted by Gasteiger charge is -2.04. The van der Waals surface area contributed by atoms with Crippen molar-refractivity contribution in [3.8, 4) is 61.8 Å². The fourth-order valence-corrected chi connectivity index (χ4v) is 15.3. The molecule has 0 aliphatic carbocycles. The fourth-order valence-electron chi connectivity index (χ4n) is 11.5. The normalized spacial score (nSPS) is 10.5. The SMILES string of the molecule is O.O.O.O.O.O.O.O.c1cnc2c(c1)ccc1cc(-c3ccc(-n4ccnc4)s3)cnc12.c1cnc2c(c1)ccc1cc(-c3ccc(-n4ccnc4)s3)cnc12.c1cnc2c(c1)ccc1cc(-c3ccc(-n4ccnc4)s3)cnc12.c1cnc2c(c1)ccc1cc(-c3ccc(-n4ccnc4)s3)cnc12. The van der Waals surface area contributed by atoms with E-state index in [1.807, 2.05) is 142 Å². The van der Waals surface area contributed by atoms with Crippen molar-refractivity contribution in [1.29, 1.82) is 0 Å². The van der Waals surface area contributed by atoms with Crippen LogP contribution in [-0.4, -0.2) is 122 Å². The fraction of sp³-hybridized carbons (Fsp3) is 0. The van der Waals surface area contributed by atoms with Crippen LogP contribution < -0.4 is 0 Å². The summed E-state index contributed by atoms with van der Waals surface area (Å²) in [5.74, 6) is 0. The Hall–Kier alpha value is -12.5. The van der Waals surface area contributed by atoms with E-state index in [4.69, 9.17) is 0 Å². The number of hydrogen-bond donors (Lipinski definition) is 0. The van der Waals surface area contributed by atoms with E-state index in [9.17, 15) is 0 Å². The van der Waals surface area contributed by atoms with Gasteiger partial charge < -0.3 is 43.8 Å². The highest BCUT2D eigenvalue weighted by Crippen LogP contribution is 2.38. The number of hydrogen-bond acceptors (Lipinski definition) is 16. The van der Waals surface area contributed by atoms with Gasteiger partial charge in [0.2, 0.25) is 0 Å². The lowest BCUT2D eigenvalue weighted by atomic mass is 10.1. The van der Waals surface area contributed by atoms with Crippen molar-refractivity contribution < 1.29 is 43.8 Å². The standard InChI is InChI=1S/4C19H12N4S.8H2O/c4*1-2-13-3-4-14-10-15(11-22-19(14)18(13)21-7-1)16-5-6-17(24-16)23-9-8-20-12-23;;;;;;;;/h4*1-12H;8*1H2. The number of thiophene rings is 4. The van der Waals surface area contributed by atoms with Crippen molar-refractivity contribution in [1.82, 2.24) is 78.1 Å². The van der Waals surface area contributed by atoms with E-state index in [0.717, 1.165) is 129 Å². The number of fused-ring (bicyclic) bond motifs is 12. The Bertz CT molecular complexity index is 5430. The minimum Gasteiger partial charge on any atom is -0.412 e. The molecule has 16 heterocycles. The Kier molecular flexibility index (Phi) is 24.2. The van der Waals surface area contributed by atoms with Crippen LogP contribution in [0, 0.1) is 0 Å². The molecule has 104 heavy (non-hydrogen) atoms. The highest BCUT2D eigenvalue weighted by atomic mass is 32.1. The lowest BCUT2D eigenvalue weighted by Crippen LogP contribution is -1.86. The molecule has 520 valence electrons. The van der Waals surface area contributed by atoms with Gasteiger partial charge in [-0.25, -0.2) is 19.9 Å². The van der Waals surface area contributed by atoms with Crippen LogP contribution >= 0.6 is 45.3 Å². The molecule has 0 aliphatic rings. The van der Waals surface area contributed by atoms with Crippen LogP contribution in [-0.2, 0) is 0 Å². The summed E-state index contributed by atoms with van der Waals surface area (Å²) in [6, 6.07) is 58.5. The average molecular weight is 1460 g/mol. The molecule has 0 saturated carbocycles. The molecule has 28 heteroatoms. The number of pyridine rings is 8. The van der Waals surface area contributed by atoms with Crippen LogP contribution in [0.2, 0.25) is 0 Å². The van der Waals surface area contributed by atoms with Crippen molar-refractivity contribution >= 4 is 133 Å². The summed E-state index contributed by atoms with van der Waals surface area (Å²) in [6.45, 7) is 0. The molecule has 0 radical (unpaired) electrons. The molecule has 0 aliphatic heterocycles. The zero-order valence-electron chi connectivity index (χ0n) is 54.5. The Morgan fingerprint density at radius 3 is 0.635 bits per heavy atom. The summed E-state index contributed by atoms with van der Waals surface area (Å²) in [5.41, 5.74) is 12.1. The molecule has 4 aromatic carbocycles. The highest BCUT2D eigenvalue weighted by molar-refractivity contribution is 7.19. The van der Waals surface area contributed by atoms with Gasteiger partial charge in [-0.3, -0.25) is 58.1 Å². The van der Waals surface area contributed by atoms with Crippen LogP contribution in [0.1, 0.15) is 0 Å². The summed E-state index contributed by atoms with van der Waals surface area (Å²) in [4.78, 5) is 57.8. The van der Waals surface area contributed by atoms with Crippen molar-refractivity contribution in [2.45, 2.75) is 0 Å². The molecule has 16 aromatic heterocycles. The van der Waals surface area contributed by atoms with Crippen LogP contribution in [0.15, 0.2) is 294 Å². The molecule has 20 rings (SSSR count). The van der Waals surface area contributed by atoms with Crippen molar-refractivity contribution in [2.24, 2.45) is 0 Å². The summed E-state index contributed by atoms with van der Waals surface area (Å²) < 4.78 is 8.06. The number of aromatic nitrogens is 16. The van der Waals surface area contributed by atoms with Crippen molar-refractivity contribution in [3.05, 3.63) is 294 Å². The molecular weight excluding hydrogens is 1390 g/mol. The van der Waals surface area contributed by atoms with Crippen LogP contribution in [0.25, 0.3) is 149 Å². The Morgan fingerprint density at radius 2 is 0.423 bits per heavy atom. The second-order valence-corrected chi connectivity index (χ2v) is 26.4. The molecule has 0 fully saturated rings. The summed E-state index contributed by atoms with van der Waals surface area (Å²) in [6.07, 6.45) is 37.2. The molecule has 16 N–H and O–H groups in total. The van der Waals surface area contributed by atoms with Gasteiger partial charge in [-0.1, -0.05) is 72.8 Å². The van der Waals surface area contributed by atoms with Crippen molar-refractivity contribution in [2.75, 3.05) is 0 Å². The monoisotopic (exact) mass is 1460 g/mol. The maximum Gasteiger partial charge on any atom is 0.101 e. The number of imidazole rings is 4. The number of rotatable bonds is 8. The number of nitrogens with zero attached hydrogens (tertiary/aromatic N) is 16. The maximum atomic E-state index is 4.68. The van der Waals surface area contributed by atoms with Gasteiger partial charge in [0.25, 0.3) is 0 Å². The van der Waals surface area contributed by atoms with E-state index < -0.39 is 0 Å². The second kappa shape index (κ2) is 33.3. The predicted molar refractivity (Wildman–Crippen MR) is 419 cm³/mol. The largest absolute Gasteiger partial charge is 0.412 e. The molecule has 0 amide bonds. The Morgan fingerprint density at radius 1 is 0.212 bits per heavy atom. The van der Waals surface area contributed by atoms with Gasteiger partial charge in [0.05, 0.1) is 69.4 Å². The topological polar surface area (TPSA) is 426 Å². The van der Waals surface area contributed by atoms with Crippen LogP contribution in [0.5, 0.6) is 0 Å². The zero-order valence-corrected chi connectivity index (χ0v) is 57.8. The molecule has 0 bridgehead atoms. The minimum atomic E-state index is 0. The van der Waals surface area contributed by atoms with Gasteiger partial charge >= 0.3 is 0 Å². The second-order valence-electron chi connectivity index (χ2n) is 22.2. The Balaban J connectivity index is 0.000000157. The first-order valence-electron chi connectivity index (χ1n) is 30.4. The summed E-state index contributed by atoms with van der Waals surface area (Å²) >= 11 is 6.89. The van der Waals surface area contributed by atoms with E-state index in [0.29, 0.717) is 0 Å². The van der Waals surface area contributed by atoms with Gasteiger partial charge in [0, 0.05) is 184 Å². The molecule has 0 saturated heterocycles. The van der Waals surface area contributed by atoms with Gasteiger partial charge in [-0.2, -0.15) is 0 Å². The average Bonchev–Trinajstić information content (AvgIpc) is 0.964. The van der Waals surface area contributed by atoms with E-state index in [1.54, 1.807) is 70.1 Å². The van der Waals surface area contributed by atoms with Crippen molar-refractivity contribution in [3.63, 3.8) is 0 Å². The summed E-state index contributed by atoms with van der Waals surface area (Å²) in [7, 11) is 0. The first kappa shape index (κ1) is 75.7. The molecular formula is C76H64N16O8S4. The highest BCUT2D eigenvalue weighted by Gasteiger charge is 2.14. The lowest BCUT2D eigenvalue weighted by molar-refractivity contribution is 0.823. The first-order valence-corrected chi connectivity index (χ1v) is 33.7. The molecule has 24 nitrogen and oxygen atoms in total. The van der Waals surface area contributed by atoms with Gasteiger partial charge in [-0.15, -0.1) is 45.3 Å². The summed E-state index contributed by atoms with van der Waals surface area (Å²) in [5, 5.41) is 13.5. The maximum absolute atomic E-state index is 4.68. The van der Waals surface area contributed by atoms with E-state index in [1.165, 1.54) is 19.5 Å². The molecule has 0 atom stereocenters. The van der Waals surface area contributed by atoms with E-state index >= 15 is 0 Å². The van der Waals surface area contributed by atoms with E-state index in [-0.39, 0.29) is 43.8 Å². The predicted octanol–water partition coefficient (Wildman–Crippen LogP) is 12.2. The first-order chi connectivity index (χ1) is 47.5. The Labute approximate surface area is 606 Å². The molecule has 0 spiro atoms. The quantitative estimate of drug-likeness (QED) is 0.128. The number of benzene rings is 4. The van der Waals surface area contributed by atoms with Gasteiger partial charge in [0.1, 0.15) is 20.0 Å². The van der Waals surface area contributed by atoms with Gasteiger partial charge in [0.15, 0.2) is 0 Å². The smallest absolute Gasteiger partial charge is 0.101 e.